The third-order valence-corrected chi connectivity index (χ3v) is 2.60. The van der Waals surface area contributed by atoms with E-state index in [4.69, 9.17) is 5.73 Å². The number of hydrogen-bond donors (Lipinski definition) is 1. The maximum Gasteiger partial charge on any atom is 0.123 e. The fraction of sp³-hybridized carbons (Fsp3) is 0.250. The van der Waals surface area contributed by atoms with E-state index in [0.717, 1.165) is 16.8 Å². The molecule has 3 nitrogen and oxygen atoms in total. The molecule has 0 spiro atoms. The van der Waals surface area contributed by atoms with Crippen LogP contribution in [0, 0.1) is 5.82 Å². The van der Waals surface area contributed by atoms with Crippen molar-refractivity contribution in [2.45, 2.75) is 13.0 Å². The van der Waals surface area contributed by atoms with E-state index in [0.29, 0.717) is 0 Å². The molecule has 1 unspecified atom stereocenters. The molecule has 2 N–H and O–H groups in total. The summed E-state index contributed by atoms with van der Waals surface area (Å²) < 4.78 is 15.0. The first-order valence-electron chi connectivity index (χ1n) is 5.13. The number of rotatable bonds is 2. The highest BCUT2D eigenvalue weighted by molar-refractivity contribution is 5.64. The molecular formula is C12H14FN3. The first-order chi connectivity index (χ1) is 7.59. The molecule has 0 saturated heterocycles. The third-order valence-electron chi connectivity index (χ3n) is 2.60. The van der Waals surface area contributed by atoms with Gasteiger partial charge in [0.05, 0.1) is 5.69 Å². The lowest BCUT2D eigenvalue weighted by Crippen LogP contribution is -2.08. The van der Waals surface area contributed by atoms with Crippen molar-refractivity contribution in [2.75, 3.05) is 0 Å². The zero-order valence-electron chi connectivity index (χ0n) is 9.31. The zero-order chi connectivity index (χ0) is 11.7. The third kappa shape index (κ3) is 1.84. The van der Waals surface area contributed by atoms with Gasteiger partial charge in [0.15, 0.2) is 0 Å². The highest BCUT2D eigenvalue weighted by Crippen LogP contribution is 2.27. The van der Waals surface area contributed by atoms with Crippen molar-refractivity contribution in [1.82, 2.24) is 9.78 Å². The molecule has 0 fully saturated rings. The first kappa shape index (κ1) is 10.8. The SMILES string of the molecule is CC(N)c1ccc(F)cc1-c1ccnn1C. The van der Waals surface area contributed by atoms with Crippen LogP contribution in [-0.2, 0) is 7.05 Å². The number of benzene rings is 1. The van der Waals surface area contributed by atoms with E-state index in [9.17, 15) is 4.39 Å². The van der Waals surface area contributed by atoms with Crippen LogP contribution in [-0.4, -0.2) is 9.78 Å². The monoisotopic (exact) mass is 219 g/mol. The number of halogens is 1. The van der Waals surface area contributed by atoms with E-state index >= 15 is 0 Å². The van der Waals surface area contributed by atoms with Gasteiger partial charge in [-0.25, -0.2) is 4.39 Å². The minimum Gasteiger partial charge on any atom is -0.324 e. The van der Waals surface area contributed by atoms with E-state index in [1.54, 1.807) is 16.9 Å². The van der Waals surface area contributed by atoms with Crippen LogP contribution in [0.25, 0.3) is 11.3 Å². The molecule has 0 bridgehead atoms. The fourth-order valence-electron chi connectivity index (χ4n) is 1.79. The predicted octanol–water partition coefficient (Wildman–Crippen LogP) is 2.25. The molecule has 0 saturated carbocycles. The quantitative estimate of drug-likeness (QED) is 0.841. The molecule has 0 amide bonds. The van der Waals surface area contributed by atoms with Crippen LogP contribution in [0.2, 0.25) is 0 Å². The zero-order valence-corrected chi connectivity index (χ0v) is 9.31. The summed E-state index contributed by atoms with van der Waals surface area (Å²) in [5.74, 6) is -0.263. The summed E-state index contributed by atoms with van der Waals surface area (Å²) in [6, 6.07) is 6.36. The van der Waals surface area contributed by atoms with Gasteiger partial charge < -0.3 is 5.73 Å². The average molecular weight is 219 g/mol. The molecule has 2 rings (SSSR count). The van der Waals surface area contributed by atoms with Crippen molar-refractivity contribution in [3.63, 3.8) is 0 Å². The van der Waals surface area contributed by atoms with Gasteiger partial charge in [0.2, 0.25) is 0 Å². The molecule has 1 aromatic carbocycles. The molecule has 1 heterocycles. The summed E-state index contributed by atoms with van der Waals surface area (Å²) in [5.41, 5.74) is 8.46. The van der Waals surface area contributed by atoms with Gasteiger partial charge in [0.1, 0.15) is 5.82 Å². The lowest BCUT2D eigenvalue weighted by Gasteiger charge is -2.12. The van der Waals surface area contributed by atoms with E-state index in [1.165, 1.54) is 12.1 Å². The Morgan fingerprint density at radius 3 is 2.69 bits per heavy atom. The molecule has 0 aliphatic heterocycles. The fourth-order valence-corrected chi connectivity index (χ4v) is 1.79. The van der Waals surface area contributed by atoms with E-state index < -0.39 is 0 Å². The Morgan fingerprint density at radius 1 is 1.38 bits per heavy atom. The van der Waals surface area contributed by atoms with Crippen LogP contribution in [0.15, 0.2) is 30.5 Å². The second-order valence-corrected chi connectivity index (χ2v) is 3.86. The Morgan fingerprint density at radius 2 is 2.12 bits per heavy atom. The lowest BCUT2D eigenvalue weighted by molar-refractivity contribution is 0.626. The Balaban J connectivity index is 2.63. The summed E-state index contributed by atoms with van der Waals surface area (Å²) in [6.45, 7) is 1.88. The maximum absolute atomic E-state index is 13.3. The van der Waals surface area contributed by atoms with E-state index in [-0.39, 0.29) is 11.9 Å². The van der Waals surface area contributed by atoms with Crippen LogP contribution in [0.4, 0.5) is 4.39 Å². The number of aryl methyl sites for hydroxylation is 1. The predicted molar refractivity (Wildman–Crippen MR) is 61.2 cm³/mol. The van der Waals surface area contributed by atoms with Crippen molar-refractivity contribution in [3.05, 3.63) is 41.8 Å². The Hall–Kier alpha value is -1.68. The topological polar surface area (TPSA) is 43.8 Å². The van der Waals surface area contributed by atoms with Crippen LogP contribution >= 0.6 is 0 Å². The molecule has 84 valence electrons. The second-order valence-electron chi connectivity index (χ2n) is 3.86. The average Bonchev–Trinajstić information content (AvgIpc) is 2.63. The number of aromatic nitrogens is 2. The van der Waals surface area contributed by atoms with Gasteiger partial charge in [-0.3, -0.25) is 4.68 Å². The van der Waals surface area contributed by atoms with Gasteiger partial charge in [-0.2, -0.15) is 5.10 Å². The molecule has 16 heavy (non-hydrogen) atoms. The van der Waals surface area contributed by atoms with Gasteiger partial charge in [-0.05, 0) is 30.7 Å². The molecule has 1 aromatic heterocycles. The molecule has 0 aliphatic rings. The van der Waals surface area contributed by atoms with E-state index in [1.807, 2.05) is 20.0 Å². The molecular weight excluding hydrogens is 205 g/mol. The summed E-state index contributed by atoms with van der Waals surface area (Å²) >= 11 is 0. The second kappa shape index (κ2) is 4.06. The van der Waals surface area contributed by atoms with Gasteiger partial charge in [-0.15, -0.1) is 0 Å². The summed E-state index contributed by atoms with van der Waals surface area (Å²) in [5, 5.41) is 4.08. The highest BCUT2D eigenvalue weighted by atomic mass is 19.1. The normalized spacial score (nSPS) is 12.8. The van der Waals surface area contributed by atoms with Gasteiger partial charge >= 0.3 is 0 Å². The van der Waals surface area contributed by atoms with E-state index in [2.05, 4.69) is 5.10 Å². The highest BCUT2D eigenvalue weighted by Gasteiger charge is 2.12. The lowest BCUT2D eigenvalue weighted by atomic mass is 9.99. The smallest absolute Gasteiger partial charge is 0.123 e. The molecule has 2 aromatic rings. The molecule has 4 heteroatoms. The number of nitrogens with zero attached hydrogens (tertiary/aromatic N) is 2. The standard InChI is InChI=1S/C12H14FN3/c1-8(14)10-4-3-9(13)7-11(10)12-5-6-15-16(12)2/h3-8H,14H2,1-2H3. The Kier molecular flexibility index (Phi) is 2.75. The Bertz CT molecular complexity index is 503. The van der Waals surface area contributed by atoms with Crippen LogP contribution in [0.3, 0.4) is 0 Å². The summed E-state index contributed by atoms with van der Waals surface area (Å²) in [6.07, 6.45) is 1.69. The van der Waals surface area contributed by atoms with Crippen molar-refractivity contribution in [1.29, 1.82) is 0 Å². The van der Waals surface area contributed by atoms with Crippen LogP contribution in [0.5, 0.6) is 0 Å². The maximum atomic E-state index is 13.3. The van der Waals surface area contributed by atoms with Crippen molar-refractivity contribution in [3.8, 4) is 11.3 Å². The summed E-state index contributed by atoms with van der Waals surface area (Å²) in [4.78, 5) is 0. The molecule has 1 atom stereocenters. The first-order valence-corrected chi connectivity index (χ1v) is 5.13. The Labute approximate surface area is 93.7 Å². The molecule has 0 radical (unpaired) electrons. The van der Waals surface area contributed by atoms with Crippen molar-refractivity contribution < 1.29 is 4.39 Å². The van der Waals surface area contributed by atoms with Gasteiger partial charge in [-0.1, -0.05) is 6.07 Å². The van der Waals surface area contributed by atoms with Crippen molar-refractivity contribution in [2.24, 2.45) is 12.8 Å². The number of hydrogen-bond acceptors (Lipinski definition) is 2. The van der Waals surface area contributed by atoms with Gasteiger partial charge in [0.25, 0.3) is 0 Å². The van der Waals surface area contributed by atoms with Crippen molar-refractivity contribution >= 4 is 0 Å². The minimum atomic E-state index is -0.263. The van der Waals surface area contributed by atoms with Gasteiger partial charge in [0, 0.05) is 24.8 Å². The van der Waals surface area contributed by atoms with Crippen LogP contribution < -0.4 is 5.73 Å². The molecule has 0 aliphatic carbocycles. The largest absolute Gasteiger partial charge is 0.324 e. The number of nitrogens with two attached hydrogens (primary N) is 1. The van der Waals surface area contributed by atoms with Crippen LogP contribution in [0.1, 0.15) is 18.5 Å². The minimum absolute atomic E-state index is 0.134. The summed E-state index contributed by atoms with van der Waals surface area (Å²) in [7, 11) is 1.82.